The maximum absolute atomic E-state index is 13.1. The van der Waals surface area contributed by atoms with Crippen LogP contribution in [0.15, 0.2) is 48.2 Å². The van der Waals surface area contributed by atoms with Crippen molar-refractivity contribution in [2.75, 3.05) is 6.61 Å². The van der Waals surface area contributed by atoms with Crippen molar-refractivity contribution >= 4 is 6.08 Å². The second kappa shape index (κ2) is 6.20. The average molecular weight is 313 g/mol. The molecule has 0 radical (unpaired) electrons. The second-order valence-corrected chi connectivity index (χ2v) is 5.39. The number of fused-ring (bicyclic) bond motifs is 1. The zero-order chi connectivity index (χ0) is 16.4. The summed E-state index contributed by atoms with van der Waals surface area (Å²) in [5.41, 5.74) is 2.61. The zero-order valence-corrected chi connectivity index (χ0v) is 12.7. The lowest BCUT2D eigenvalue weighted by Gasteiger charge is -2.23. The number of rotatable bonds is 4. The molecule has 5 heteroatoms. The van der Waals surface area contributed by atoms with Crippen LogP contribution in [-0.4, -0.2) is 11.5 Å². The van der Waals surface area contributed by atoms with Crippen LogP contribution in [0.3, 0.4) is 0 Å². The van der Waals surface area contributed by atoms with E-state index in [9.17, 15) is 14.5 Å². The number of halogens is 1. The van der Waals surface area contributed by atoms with Crippen molar-refractivity contribution in [1.82, 2.24) is 0 Å². The summed E-state index contributed by atoms with van der Waals surface area (Å²) in [6.07, 6.45) is 2.05. The molecule has 2 aromatic carbocycles. The quantitative estimate of drug-likeness (QED) is 0.628. The Hall–Kier alpha value is -2.69. The third kappa shape index (κ3) is 2.95. The summed E-state index contributed by atoms with van der Waals surface area (Å²) < 4.78 is 18.8. The minimum Gasteiger partial charge on any atom is -0.494 e. The highest BCUT2D eigenvalue weighted by Crippen LogP contribution is 2.39. The van der Waals surface area contributed by atoms with Gasteiger partial charge in [0, 0.05) is 11.6 Å². The van der Waals surface area contributed by atoms with Crippen LogP contribution in [0.25, 0.3) is 6.08 Å². The fourth-order valence-electron chi connectivity index (χ4n) is 2.96. The highest BCUT2D eigenvalue weighted by molar-refractivity contribution is 5.64. The van der Waals surface area contributed by atoms with E-state index in [1.807, 2.05) is 25.1 Å². The molecule has 0 fully saturated rings. The molecule has 118 valence electrons. The van der Waals surface area contributed by atoms with Crippen LogP contribution in [0.4, 0.5) is 4.39 Å². The van der Waals surface area contributed by atoms with Gasteiger partial charge in [-0.25, -0.2) is 4.39 Å². The molecule has 3 rings (SSSR count). The van der Waals surface area contributed by atoms with Crippen LogP contribution in [0.5, 0.6) is 5.75 Å². The largest absolute Gasteiger partial charge is 0.494 e. The fourth-order valence-corrected chi connectivity index (χ4v) is 2.96. The molecule has 4 nitrogen and oxygen atoms in total. The van der Waals surface area contributed by atoms with E-state index in [0.29, 0.717) is 13.0 Å². The van der Waals surface area contributed by atoms with Gasteiger partial charge < -0.3 is 4.74 Å². The van der Waals surface area contributed by atoms with Crippen molar-refractivity contribution in [2.45, 2.75) is 19.3 Å². The Labute approximate surface area is 133 Å². The standard InChI is InChI=1S/C18H16FNO3/c1-2-23-18-5-3-4-13-10-17(20(21)22)15(11-16(13)18)12-6-8-14(19)9-7-12/h3-10,15H,2,11H2,1H3/t15-/m1/s1. The van der Waals surface area contributed by atoms with Gasteiger partial charge in [-0.1, -0.05) is 24.3 Å². The minimum absolute atomic E-state index is 0.123. The topological polar surface area (TPSA) is 52.4 Å². The Kier molecular flexibility index (Phi) is 4.10. The normalized spacial score (nSPS) is 16.4. The zero-order valence-electron chi connectivity index (χ0n) is 12.7. The van der Waals surface area contributed by atoms with Gasteiger partial charge in [-0.15, -0.1) is 0 Å². The first-order valence-corrected chi connectivity index (χ1v) is 7.46. The van der Waals surface area contributed by atoms with Gasteiger partial charge >= 0.3 is 0 Å². The molecule has 0 saturated carbocycles. The number of benzene rings is 2. The molecule has 0 unspecified atom stereocenters. The van der Waals surface area contributed by atoms with E-state index in [1.165, 1.54) is 12.1 Å². The molecular weight excluding hydrogens is 297 g/mol. The molecule has 1 aliphatic carbocycles. The predicted molar refractivity (Wildman–Crippen MR) is 85.4 cm³/mol. The smallest absolute Gasteiger partial charge is 0.254 e. The molecule has 0 amide bonds. The Morgan fingerprint density at radius 3 is 2.65 bits per heavy atom. The summed E-state index contributed by atoms with van der Waals surface area (Å²) in [6.45, 7) is 2.43. The van der Waals surface area contributed by atoms with Gasteiger partial charge in [0.25, 0.3) is 5.70 Å². The molecule has 0 saturated heterocycles. The van der Waals surface area contributed by atoms with Crippen LogP contribution >= 0.6 is 0 Å². The molecule has 23 heavy (non-hydrogen) atoms. The van der Waals surface area contributed by atoms with Crippen LogP contribution < -0.4 is 4.74 Å². The summed E-state index contributed by atoms with van der Waals surface area (Å²) in [6, 6.07) is 11.4. The van der Waals surface area contributed by atoms with E-state index >= 15 is 0 Å². The van der Waals surface area contributed by atoms with E-state index in [-0.39, 0.29) is 16.4 Å². The Bertz CT molecular complexity index is 768. The number of hydrogen-bond donors (Lipinski definition) is 0. The van der Waals surface area contributed by atoms with Crippen molar-refractivity contribution in [1.29, 1.82) is 0 Å². The number of allylic oxidation sites excluding steroid dienone is 1. The predicted octanol–water partition coefficient (Wildman–Crippen LogP) is 4.18. The Balaban J connectivity index is 2.09. The molecule has 1 atom stereocenters. The molecule has 0 heterocycles. The van der Waals surface area contributed by atoms with Crippen LogP contribution in [0.2, 0.25) is 0 Å². The van der Waals surface area contributed by atoms with Gasteiger partial charge in [-0.05, 0) is 42.7 Å². The molecule has 1 aliphatic rings. The molecule has 0 aromatic heterocycles. The molecule has 0 N–H and O–H groups in total. The van der Waals surface area contributed by atoms with Gasteiger partial charge in [-0.2, -0.15) is 0 Å². The van der Waals surface area contributed by atoms with Crippen molar-refractivity contribution < 1.29 is 14.1 Å². The average Bonchev–Trinajstić information content (AvgIpc) is 2.55. The highest BCUT2D eigenvalue weighted by atomic mass is 19.1. The first-order valence-electron chi connectivity index (χ1n) is 7.46. The molecular formula is C18H16FNO3. The van der Waals surface area contributed by atoms with Crippen LogP contribution in [-0.2, 0) is 6.42 Å². The maximum Gasteiger partial charge on any atom is 0.254 e. The first kappa shape index (κ1) is 15.2. The summed E-state index contributed by atoms with van der Waals surface area (Å²) in [4.78, 5) is 11.1. The lowest BCUT2D eigenvalue weighted by atomic mass is 9.82. The molecule has 0 aliphatic heterocycles. The van der Waals surface area contributed by atoms with Crippen molar-refractivity contribution in [3.63, 3.8) is 0 Å². The van der Waals surface area contributed by atoms with Gasteiger partial charge in [-0.3, -0.25) is 10.1 Å². The fraction of sp³-hybridized carbons (Fsp3) is 0.222. The van der Waals surface area contributed by atoms with Gasteiger partial charge in [0.15, 0.2) is 0 Å². The second-order valence-electron chi connectivity index (χ2n) is 5.39. The maximum atomic E-state index is 13.1. The van der Waals surface area contributed by atoms with E-state index in [4.69, 9.17) is 4.74 Å². The summed E-state index contributed by atoms with van der Waals surface area (Å²) in [7, 11) is 0. The first-order chi connectivity index (χ1) is 11.1. The number of nitro groups is 1. The minimum atomic E-state index is -0.417. The number of nitrogens with zero attached hydrogens (tertiary/aromatic N) is 1. The van der Waals surface area contributed by atoms with E-state index < -0.39 is 5.92 Å². The van der Waals surface area contributed by atoms with Crippen molar-refractivity contribution in [2.24, 2.45) is 0 Å². The monoisotopic (exact) mass is 313 g/mol. The molecule has 0 bridgehead atoms. The lowest BCUT2D eigenvalue weighted by molar-refractivity contribution is -0.428. The Morgan fingerprint density at radius 1 is 1.26 bits per heavy atom. The third-order valence-corrected chi connectivity index (χ3v) is 4.02. The van der Waals surface area contributed by atoms with Crippen molar-refractivity contribution in [3.8, 4) is 5.75 Å². The van der Waals surface area contributed by atoms with E-state index in [1.54, 1.807) is 18.2 Å². The van der Waals surface area contributed by atoms with Crippen LogP contribution in [0.1, 0.15) is 29.5 Å². The number of ether oxygens (including phenoxy) is 1. The highest BCUT2D eigenvalue weighted by Gasteiger charge is 2.32. The summed E-state index contributed by atoms with van der Waals surface area (Å²) in [5, 5.41) is 11.5. The lowest BCUT2D eigenvalue weighted by Crippen LogP contribution is -2.18. The number of hydrogen-bond acceptors (Lipinski definition) is 3. The van der Waals surface area contributed by atoms with Gasteiger partial charge in [0.2, 0.25) is 0 Å². The molecule has 0 spiro atoms. The SMILES string of the molecule is CCOc1cccc2c1C[C@H](c1ccc(F)cc1)C([N+](=O)[O-])=C2. The third-order valence-electron chi connectivity index (χ3n) is 4.02. The van der Waals surface area contributed by atoms with E-state index in [2.05, 4.69) is 0 Å². The van der Waals surface area contributed by atoms with Gasteiger partial charge in [0.1, 0.15) is 11.6 Å². The van der Waals surface area contributed by atoms with Crippen LogP contribution in [0, 0.1) is 15.9 Å². The Morgan fingerprint density at radius 2 is 2.00 bits per heavy atom. The molecule has 2 aromatic rings. The van der Waals surface area contributed by atoms with Crippen molar-refractivity contribution in [3.05, 3.63) is 80.8 Å². The van der Waals surface area contributed by atoms with E-state index in [0.717, 1.165) is 22.4 Å². The summed E-state index contributed by atoms with van der Waals surface area (Å²) >= 11 is 0. The van der Waals surface area contributed by atoms with Gasteiger partial charge in [0.05, 0.1) is 17.4 Å². The summed E-state index contributed by atoms with van der Waals surface area (Å²) in [5.74, 6) is -0.0259.